The minimum atomic E-state index is 0.710. The average Bonchev–Trinajstić information content (AvgIpc) is 3.12. The van der Waals surface area contributed by atoms with Gasteiger partial charge in [-0.3, -0.25) is 4.90 Å². The van der Waals surface area contributed by atoms with Crippen LogP contribution in [0.5, 0.6) is 0 Å². The third-order valence-corrected chi connectivity index (χ3v) is 6.12. The molecule has 1 aliphatic rings. The number of likely N-dealkylation sites (tertiary alicyclic amines) is 1. The molecule has 1 saturated heterocycles. The lowest BCUT2D eigenvalue weighted by Crippen LogP contribution is -2.31. The summed E-state index contributed by atoms with van der Waals surface area (Å²) in [4.78, 5) is 4.96. The molecule has 114 valence electrons. The first kappa shape index (κ1) is 14.2. The molecule has 0 amide bonds. The van der Waals surface area contributed by atoms with E-state index in [2.05, 4.69) is 66.4 Å². The summed E-state index contributed by atoms with van der Waals surface area (Å²) in [6, 6.07) is 16.3. The molecule has 2 aromatic carbocycles. The molecule has 0 aliphatic carbocycles. The van der Waals surface area contributed by atoms with Gasteiger partial charge in [0.15, 0.2) is 0 Å². The highest BCUT2D eigenvalue weighted by Gasteiger charge is 2.24. The lowest BCUT2D eigenvalue weighted by molar-refractivity contribution is 0.265. The van der Waals surface area contributed by atoms with Crippen LogP contribution in [0.25, 0.3) is 20.2 Å². The van der Waals surface area contributed by atoms with E-state index < -0.39 is 0 Å². The maximum atomic E-state index is 2.60. The molecule has 1 fully saturated rings. The van der Waals surface area contributed by atoms with Crippen LogP contribution in [0.3, 0.4) is 0 Å². The molecule has 3 aromatic rings. The van der Waals surface area contributed by atoms with Gasteiger partial charge < -0.3 is 4.90 Å². The Balaban J connectivity index is 1.68. The van der Waals surface area contributed by atoms with Gasteiger partial charge in [-0.2, -0.15) is 0 Å². The number of nitrogens with zero attached hydrogens (tertiary/aromatic N) is 2. The fraction of sp³-hybridized carbons (Fsp3) is 0.368. The summed E-state index contributed by atoms with van der Waals surface area (Å²) in [5, 5.41) is 2.82. The highest BCUT2D eigenvalue weighted by atomic mass is 32.1. The lowest BCUT2D eigenvalue weighted by atomic mass is 10.1. The predicted octanol–water partition coefficient (Wildman–Crippen LogP) is 4.19. The number of benzene rings is 2. The van der Waals surface area contributed by atoms with E-state index in [0.717, 1.165) is 6.54 Å². The molecule has 0 unspecified atom stereocenters. The van der Waals surface area contributed by atoms with E-state index in [9.17, 15) is 0 Å². The number of rotatable bonds is 3. The fourth-order valence-corrected chi connectivity index (χ4v) is 4.75. The van der Waals surface area contributed by atoms with Crippen LogP contribution in [0.4, 0.5) is 0 Å². The van der Waals surface area contributed by atoms with E-state index in [0.29, 0.717) is 6.04 Å². The quantitative estimate of drug-likeness (QED) is 0.716. The van der Waals surface area contributed by atoms with Gasteiger partial charge in [-0.05, 0) is 32.1 Å². The van der Waals surface area contributed by atoms with Crippen molar-refractivity contribution in [1.29, 1.82) is 0 Å². The molecular formula is C19H22N2S. The number of likely N-dealkylation sites (N-methyl/N-ethyl adjacent to an activating group) is 1. The molecule has 1 aliphatic heterocycles. The zero-order chi connectivity index (χ0) is 15.1. The number of fused-ring (bicyclic) bond motifs is 3. The van der Waals surface area contributed by atoms with Crippen LogP contribution in [0.15, 0.2) is 42.5 Å². The number of hydrogen-bond donors (Lipinski definition) is 0. The fourth-order valence-electron chi connectivity index (χ4n) is 3.55. The van der Waals surface area contributed by atoms with Crippen LogP contribution in [-0.4, -0.2) is 43.0 Å². The van der Waals surface area contributed by atoms with Gasteiger partial charge in [0.2, 0.25) is 0 Å². The lowest BCUT2D eigenvalue weighted by Gasteiger charge is -2.20. The van der Waals surface area contributed by atoms with Crippen LogP contribution < -0.4 is 0 Å². The average molecular weight is 310 g/mol. The Morgan fingerprint density at radius 2 is 1.91 bits per heavy atom. The van der Waals surface area contributed by atoms with Gasteiger partial charge in [-0.1, -0.05) is 36.4 Å². The summed E-state index contributed by atoms with van der Waals surface area (Å²) in [6.45, 7) is 3.48. The predicted molar refractivity (Wildman–Crippen MR) is 96.7 cm³/mol. The summed E-state index contributed by atoms with van der Waals surface area (Å²) >= 11 is 1.94. The molecule has 0 saturated carbocycles. The summed E-state index contributed by atoms with van der Waals surface area (Å²) in [5.74, 6) is 0. The zero-order valence-electron chi connectivity index (χ0n) is 13.2. The van der Waals surface area contributed by atoms with Gasteiger partial charge >= 0.3 is 0 Å². The highest BCUT2D eigenvalue weighted by Crippen LogP contribution is 2.36. The molecule has 4 rings (SSSR count). The second-order valence-electron chi connectivity index (χ2n) is 6.53. The van der Waals surface area contributed by atoms with Crippen molar-refractivity contribution in [3.8, 4) is 0 Å². The number of hydrogen-bond acceptors (Lipinski definition) is 3. The largest absolute Gasteiger partial charge is 0.305 e. The minimum Gasteiger partial charge on any atom is -0.305 e. The van der Waals surface area contributed by atoms with Gasteiger partial charge in [0, 0.05) is 45.8 Å². The van der Waals surface area contributed by atoms with Crippen molar-refractivity contribution in [2.24, 2.45) is 0 Å². The Labute approximate surface area is 136 Å². The van der Waals surface area contributed by atoms with Crippen LogP contribution in [-0.2, 0) is 6.54 Å². The van der Waals surface area contributed by atoms with Crippen molar-refractivity contribution in [3.63, 3.8) is 0 Å². The highest BCUT2D eigenvalue weighted by molar-refractivity contribution is 7.26. The van der Waals surface area contributed by atoms with Gasteiger partial charge in [0.25, 0.3) is 0 Å². The Kier molecular flexibility index (Phi) is 3.65. The van der Waals surface area contributed by atoms with E-state index in [1.165, 1.54) is 45.2 Å². The van der Waals surface area contributed by atoms with Crippen LogP contribution in [0.1, 0.15) is 12.0 Å². The molecule has 22 heavy (non-hydrogen) atoms. The van der Waals surface area contributed by atoms with Crippen molar-refractivity contribution in [2.45, 2.75) is 19.0 Å². The van der Waals surface area contributed by atoms with Crippen LogP contribution in [0.2, 0.25) is 0 Å². The topological polar surface area (TPSA) is 6.48 Å². The molecule has 2 heterocycles. The summed E-state index contributed by atoms with van der Waals surface area (Å²) < 4.78 is 2.87. The van der Waals surface area contributed by atoms with E-state index >= 15 is 0 Å². The molecular weight excluding hydrogens is 288 g/mol. The van der Waals surface area contributed by atoms with Gasteiger partial charge in [0.1, 0.15) is 0 Å². The van der Waals surface area contributed by atoms with Crippen molar-refractivity contribution in [1.82, 2.24) is 9.80 Å². The van der Waals surface area contributed by atoms with Crippen molar-refractivity contribution < 1.29 is 0 Å². The molecule has 0 spiro atoms. The van der Waals surface area contributed by atoms with Crippen LogP contribution >= 0.6 is 11.3 Å². The molecule has 0 N–H and O–H groups in total. The molecule has 0 radical (unpaired) electrons. The van der Waals surface area contributed by atoms with E-state index in [1.54, 1.807) is 0 Å². The Bertz CT molecular complexity index is 805. The van der Waals surface area contributed by atoms with Gasteiger partial charge in [-0.25, -0.2) is 0 Å². The Hall–Kier alpha value is -1.42. The maximum Gasteiger partial charge on any atom is 0.0400 e. The maximum absolute atomic E-state index is 2.60. The van der Waals surface area contributed by atoms with Crippen LogP contribution in [0, 0.1) is 0 Å². The summed E-state index contributed by atoms with van der Waals surface area (Å²) in [7, 11) is 4.39. The smallest absolute Gasteiger partial charge is 0.0400 e. The van der Waals surface area contributed by atoms with E-state index in [1.807, 2.05) is 11.3 Å². The van der Waals surface area contributed by atoms with E-state index in [4.69, 9.17) is 0 Å². The second kappa shape index (κ2) is 5.65. The first-order valence-corrected chi connectivity index (χ1v) is 8.82. The number of thiophene rings is 1. The molecule has 2 nitrogen and oxygen atoms in total. The van der Waals surface area contributed by atoms with Crippen molar-refractivity contribution >= 4 is 31.5 Å². The molecule has 0 bridgehead atoms. The zero-order valence-corrected chi connectivity index (χ0v) is 14.1. The first-order chi connectivity index (χ1) is 10.7. The third kappa shape index (κ3) is 2.43. The standard InChI is InChI=1S/C19H22N2S/c1-20(2)15-10-11-21(13-15)12-14-6-5-8-17-16-7-3-4-9-18(16)22-19(14)17/h3-9,15H,10-13H2,1-2H3/t15-/m1/s1. The molecule has 1 atom stereocenters. The van der Waals surface area contributed by atoms with Crippen molar-refractivity contribution in [2.75, 3.05) is 27.2 Å². The summed E-state index contributed by atoms with van der Waals surface area (Å²) in [5.41, 5.74) is 1.48. The molecule has 3 heteroatoms. The van der Waals surface area contributed by atoms with E-state index in [-0.39, 0.29) is 0 Å². The SMILES string of the molecule is CN(C)[C@@H]1CCN(Cc2cccc3c2sc2ccccc23)C1. The first-order valence-electron chi connectivity index (χ1n) is 8.00. The van der Waals surface area contributed by atoms with Gasteiger partial charge in [0.05, 0.1) is 0 Å². The minimum absolute atomic E-state index is 0.710. The Morgan fingerprint density at radius 3 is 2.73 bits per heavy atom. The Morgan fingerprint density at radius 1 is 1.09 bits per heavy atom. The monoisotopic (exact) mass is 310 g/mol. The second-order valence-corrected chi connectivity index (χ2v) is 7.59. The third-order valence-electron chi connectivity index (χ3n) is 4.86. The van der Waals surface area contributed by atoms with Crippen molar-refractivity contribution in [3.05, 3.63) is 48.0 Å². The molecule has 1 aromatic heterocycles. The summed E-state index contributed by atoms with van der Waals surface area (Å²) in [6.07, 6.45) is 1.29. The van der Waals surface area contributed by atoms with Gasteiger partial charge in [-0.15, -0.1) is 11.3 Å². The normalized spacial score (nSPS) is 19.7.